The zero-order valence-corrected chi connectivity index (χ0v) is 7.55. The zero-order valence-electron chi connectivity index (χ0n) is 6.65. The summed E-state index contributed by atoms with van der Waals surface area (Å²) in [5, 5.41) is 10.4. The maximum Gasteiger partial charge on any atom is 0.321 e. The van der Waals surface area contributed by atoms with Crippen molar-refractivity contribution in [3.63, 3.8) is 0 Å². The highest BCUT2D eigenvalue weighted by Gasteiger charge is 2.22. The van der Waals surface area contributed by atoms with Crippen LogP contribution in [0.2, 0.25) is 0 Å². The molecule has 4 nitrogen and oxygen atoms in total. The van der Waals surface area contributed by atoms with E-state index in [1.165, 1.54) is 19.2 Å². The Kier molecular flexibility index (Phi) is 2.72. The smallest absolute Gasteiger partial charge is 0.321 e. The van der Waals surface area contributed by atoms with Crippen molar-refractivity contribution in [1.82, 2.24) is 0 Å². The van der Waals surface area contributed by atoms with Gasteiger partial charge in [0, 0.05) is 0 Å². The van der Waals surface area contributed by atoms with Crippen LogP contribution >= 0.6 is 12.6 Å². The molecular weight excluding hydrogens is 197 g/mol. The van der Waals surface area contributed by atoms with E-state index in [9.17, 15) is 14.5 Å². The van der Waals surface area contributed by atoms with Crippen molar-refractivity contribution >= 4 is 18.3 Å². The molecular formula is C7H6FNO3S. The topological polar surface area (TPSA) is 52.4 Å². The standard InChI is InChI=1S/C7H6FNO3S/c1-12-4-2-3-5(13)7(6(4)8)9(10)11/h2-3,13H,1H3. The minimum absolute atomic E-state index is 0.0247. The quantitative estimate of drug-likeness (QED) is 0.454. The summed E-state index contributed by atoms with van der Waals surface area (Å²) in [4.78, 5) is 9.51. The molecule has 0 aliphatic carbocycles. The second kappa shape index (κ2) is 3.61. The Labute approximate surface area is 78.9 Å². The molecule has 0 saturated carbocycles. The second-order valence-corrected chi connectivity index (χ2v) is 2.69. The van der Waals surface area contributed by atoms with Crippen LogP contribution in [-0.4, -0.2) is 12.0 Å². The van der Waals surface area contributed by atoms with Crippen LogP contribution in [0.4, 0.5) is 10.1 Å². The van der Waals surface area contributed by atoms with Crippen molar-refractivity contribution in [2.45, 2.75) is 4.90 Å². The van der Waals surface area contributed by atoms with E-state index >= 15 is 0 Å². The third kappa shape index (κ3) is 1.72. The van der Waals surface area contributed by atoms with Gasteiger partial charge in [0.05, 0.1) is 16.9 Å². The highest BCUT2D eigenvalue weighted by atomic mass is 32.1. The van der Waals surface area contributed by atoms with Gasteiger partial charge in [-0.05, 0) is 12.1 Å². The minimum atomic E-state index is -1.000. The number of hydrogen-bond acceptors (Lipinski definition) is 4. The van der Waals surface area contributed by atoms with Crippen LogP contribution in [0.5, 0.6) is 5.75 Å². The summed E-state index contributed by atoms with van der Waals surface area (Å²) in [6.07, 6.45) is 0. The van der Waals surface area contributed by atoms with E-state index in [4.69, 9.17) is 0 Å². The van der Waals surface area contributed by atoms with Crippen molar-refractivity contribution in [3.8, 4) is 5.75 Å². The molecule has 1 aromatic carbocycles. The number of nitro benzene ring substituents is 1. The first-order valence-corrected chi connectivity index (χ1v) is 3.72. The van der Waals surface area contributed by atoms with Crippen molar-refractivity contribution in [3.05, 3.63) is 28.1 Å². The molecule has 0 spiro atoms. The fourth-order valence-corrected chi connectivity index (χ4v) is 1.12. The Morgan fingerprint density at radius 2 is 2.23 bits per heavy atom. The van der Waals surface area contributed by atoms with Gasteiger partial charge in [0.2, 0.25) is 5.82 Å². The highest BCUT2D eigenvalue weighted by molar-refractivity contribution is 7.80. The highest BCUT2D eigenvalue weighted by Crippen LogP contribution is 2.31. The molecule has 0 aliphatic rings. The van der Waals surface area contributed by atoms with E-state index in [1.54, 1.807) is 0 Å². The fourth-order valence-electron chi connectivity index (χ4n) is 0.867. The third-order valence-electron chi connectivity index (χ3n) is 1.46. The van der Waals surface area contributed by atoms with Gasteiger partial charge < -0.3 is 4.74 Å². The molecule has 70 valence electrons. The largest absolute Gasteiger partial charge is 0.493 e. The van der Waals surface area contributed by atoms with Gasteiger partial charge >= 0.3 is 5.69 Å². The lowest BCUT2D eigenvalue weighted by molar-refractivity contribution is -0.390. The number of nitrogens with zero attached hydrogens (tertiary/aromatic N) is 1. The molecule has 0 heterocycles. The maximum atomic E-state index is 13.2. The molecule has 0 aliphatic heterocycles. The zero-order chi connectivity index (χ0) is 10.0. The van der Waals surface area contributed by atoms with E-state index < -0.39 is 16.4 Å². The van der Waals surface area contributed by atoms with Gasteiger partial charge in [0.1, 0.15) is 0 Å². The first-order chi connectivity index (χ1) is 6.07. The Hall–Kier alpha value is -1.30. The number of methoxy groups -OCH3 is 1. The molecule has 0 N–H and O–H groups in total. The summed E-state index contributed by atoms with van der Waals surface area (Å²) in [6.45, 7) is 0. The van der Waals surface area contributed by atoms with Crippen LogP contribution < -0.4 is 4.74 Å². The minimum Gasteiger partial charge on any atom is -0.493 e. The number of ether oxygens (including phenoxy) is 1. The van der Waals surface area contributed by atoms with E-state index in [2.05, 4.69) is 17.4 Å². The number of benzene rings is 1. The normalized spacial score (nSPS) is 9.77. The maximum absolute atomic E-state index is 13.2. The van der Waals surface area contributed by atoms with E-state index in [0.717, 1.165) is 0 Å². The van der Waals surface area contributed by atoms with Gasteiger partial charge in [-0.3, -0.25) is 10.1 Å². The van der Waals surface area contributed by atoms with Crippen molar-refractivity contribution in [1.29, 1.82) is 0 Å². The number of rotatable bonds is 2. The Morgan fingerprint density at radius 3 is 2.69 bits per heavy atom. The van der Waals surface area contributed by atoms with Gasteiger partial charge in [-0.25, -0.2) is 0 Å². The Balaban J connectivity index is 3.38. The lowest BCUT2D eigenvalue weighted by Crippen LogP contribution is -1.97. The first kappa shape index (κ1) is 9.79. The van der Waals surface area contributed by atoms with Gasteiger partial charge in [-0.15, -0.1) is 12.6 Å². The van der Waals surface area contributed by atoms with Gasteiger partial charge in [-0.1, -0.05) is 0 Å². The summed E-state index contributed by atoms with van der Waals surface area (Å²) in [6, 6.07) is 2.59. The molecule has 1 aromatic rings. The molecule has 6 heteroatoms. The van der Waals surface area contributed by atoms with Crippen LogP contribution in [0.1, 0.15) is 0 Å². The fraction of sp³-hybridized carbons (Fsp3) is 0.143. The lowest BCUT2D eigenvalue weighted by Gasteiger charge is -2.02. The Morgan fingerprint density at radius 1 is 1.62 bits per heavy atom. The van der Waals surface area contributed by atoms with Crippen molar-refractivity contribution in [2.24, 2.45) is 0 Å². The average Bonchev–Trinajstić information content (AvgIpc) is 2.04. The third-order valence-corrected chi connectivity index (χ3v) is 1.82. The molecule has 0 unspecified atom stereocenters. The van der Waals surface area contributed by atoms with Gasteiger partial charge in [-0.2, -0.15) is 4.39 Å². The SMILES string of the molecule is COc1ccc(S)c([N+](=O)[O-])c1F. The van der Waals surface area contributed by atoms with E-state index in [1.807, 2.05) is 0 Å². The summed E-state index contributed by atoms with van der Waals surface area (Å²) in [7, 11) is 1.24. The molecule has 0 saturated heterocycles. The van der Waals surface area contributed by atoms with Crippen LogP contribution in [0.3, 0.4) is 0 Å². The van der Waals surface area contributed by atoms with E-state index in [-0.39, 0.29) is 10.6 Å². The molecule has 13 heavy (non-hydrogen) atoms. The summed E-state index contributed by atoms with van der Waals surface area (Å²) < 4.78 is 17.7. The average molecular weight is 203 g/mol. The molecule has 0 amide bonds. The van der Waals surface area contributed by atoms with Crippen molar-refractivity contribution in [2.75, 3.05) is 7.11 Å². The molecule has 1 rings (SSSR count). The predicted octanol–water partition coefficient (Wildman–Crippen LogP) is 2.03. The van der Waals surface area contributed by atoms with Gasteiger partial charge in [0.25, 0.3) is 0 Å². The summed E-state index contributed by atoms with van der Waals surface area (Å²) >= 11 is 3.76. The number of halogens is 1. The van der Waals surface area contributed by atoms with Crippen LogP contribution in [0.15, 0.2) is 17.0 Å². The monoisotopic (exact) mass is 203 g/mol. The Bertz CT molecular complexity index is 356. The summed E-state index contributed by atoms with van der Waals surface area (Å²) in [5.41, 5.74) is -0.664. The molecule has 0 fully saturated rings. The molecule has 0 atom stereocenters. The van der Waals surface area contributed by atoms with Crippen molar-refractivity contribution < 1.29 is 14.1 Å². The van der Waals surface area contributed by atoms with Crippen LogP contribution in [0.25, 0.3) is 0 Å². The number of nitro groups is 1. The van der Waals surface area contributed by atoms with Crippen LogP contribution in [0, 0.1) is 15.9 Å². The van der Waals surface area contributed by atoms with E-state index in [0.29, 0.717) is 0 Å². The van der Waals surface area contributed by atoms with Gasteiger partial charge in [0.15, 0.2) is 5.75 Å². The molecule has 0 radical (unpaired) electrons. The summed E-state index contributed by atoms with van der Waals surface area (Å²) in [5.74, 6) is -1.16. The molecule has 0 bridgehead atoms. The molecule has 0 aromatic heterocycles. The number of thiol groups is 1. The lowest BCUT2D eigenvalue weighted by atomic mass is 10.3. The van der Waals surface area contributed by atoms with Crippen LogP contribution in [-0.2, 0) is 0 Å². The number of hydrogen-bond donors (Lipinski definition) is 1. The first-order valence-electron chi connectivity index (χ1n) is 3.27. The predicted molar refractivity (Wildman–Crippen MR) is 46.9 cm³/mol. The second-order valence-electron chi connectivity index (χ2n) is 2.21.